The summed E-state index contributed by atoms with van der Waals surface area (Å²) in [6, 6.07) is 17.1. The molecule has 5 heterocycles. The van der Waals surface area contributed by atoms with Crippen LogP contribution in [0.25, 0.3) is 16.7 Å². The lowest BCUT2D eigenvalue weighted by Gasteiger charge is -2.49. The van der Waals surface area contributed by atoms with E-state index in [-0.39, 0.29) is 17.3 Å². The summed E-state index contributed by atoms with van der Waals surface area (Å²) in [6.45, 7) is 0. The van der Waals surface area contributed by atoms with Crippen molar-refractivity contribution in [2.45, 2.75) is 22.5 Å². The number of rotatable bonds is 9. The van der Waals surface area contributed by atoms with Gasteiger partial charge in [-0.3, -0.25) is 19.3 Å². The topological polar surface area (TPSA) is 200 Å². The van der Waals surface area contributed by atoms with E-state index < -0.39 is 41.1 Å². The summed E-state index contributed by atoms with van der Waals surface area (Å²) in [5, 5.41) is 30.9. The van der Waals surface area contributed by atoms with E-state index in [4.69, 9.17) is 0 Å². The molecule has 2 unspecified atom stereocenters. The van der Waals surface area contributed by atoms with E-state index in [0.29, 0.717) is 38.6 Å². The van der Waals surface area contributed by atoms with Crippen LogP contribution in [0.1, 0.15) is 22.2 Å². The number of β-lactam (4-membered cyclic amide) rings is 1. The fourth-order valence-electron chi connectivity index (χ4n) is 5.11. The largest absolute Gasteiger partial charge is 0.477 e. The van der Waals surface area contributed by atoms with Crippen LogP contribution in [0.4, 0.5) is 0 Å². The lowest BCUT2D eigenvalue weighted by atomic mass is 10.0. The van der Waals surface area contributed by atoms with Crippen LogP contribution in [0.2, 0.25) is 0 Å². The van der Waals surface area contributed by atoms with E-state index in [2.05, 4.69) is 41.2 Å². The standard InChI is InChI=1S/C28H22N10O5S2/c39-24(20(14-6-2-1-3-7-14)31-25(40)23-29-16-8-4-5-9-17(16)30-23)32-21-26(41)37-22(28(42)43)15(13-45-27(21)37)12-44-19-11-10-18-33-35-36-38(18)34-19/h1-11,20-21,27H,12-13H2,(H,29,30)(H,31,40)(H,32,39)(H,42,43)/t20?,21?,27-/m0/s1. The van der Waals surface area contributed by atoms with Crippen LogP contribution in [0.5, 0.6) is 0 Å². The van der Waals surface area contributed by atoms with Crippen molar-refractivity contribution in [2.75, 3.05) is 11.5 Å². The zero-order valence-electron chi connectivity index (χ0n) is 23.0. The molecule has 1 saturated heterocycles. The Kier molecular flexibility index (Phi) is 7.38. The SMILES string of the molecule is O=C(O)C1=C(CSc2ccc3nnnn3n2)CS[C@H]2C(NC(=O)C(NC(=O)c3nc4ccccc4[nH]3)c3ccccc3)C(=O)N12. The second-order valence-corrected chi connectivity index (χ2v) is 12.2. The van der Waals surface area contributed by atoms with E-state index in [1.165, 1.54) is 33.1 Å². The molecule has 5 aromatic rings. The van der Waals surface area contributed by atoms with E-state index in [1.54, 1.807) is 60.7 Å². The molecule has 0 radical (unpaired) electrons. The van der Waals surface area contributed by atoms with E-state index in [1.807, 2.05) is 6.07 Å². The molecule has 45 heavy (non-hydrogen) atoms. The molecule has 0 bridgehead atoms. The minimum atomic E-state index is -1.24. The van der Waals surface area contributed by atoms with Gasteiger partial charge in [-0.1, -0.05) is 42.5 Å². The Balaban J connectivity index is 1.07. The van der Waals surface area contributed by atoms with Gasteiger partial charge in [0, 0.05) is 11.5 Å². The lowest BCUT2D eigenvalue weighted by molar-refractivity contribution is -0.151. The molecule has 1 fully saturated rings. The Labute approximate surface area is 261 Å². The van der Waals surface area contributed by atoms with Gasteiger partial charge >= 0.3 is 5.97 Å². The summed E-state index contributed by atoms with van der Waals surface area (Å²) in [5.41, 5.74) is 2.68. The number of hydrogen-bond acceptors (Lipinski definition) is 11. The quantitative estimate of drug-likeness (QED) is 0.133. The van der Waals surface area contributed by atoms with Gasteiger partial charge in [0.2, 0.25) is 5.91 Å². The molecular formula is C28H22N10O5S2. The number of carbonyl (C=O) groups is 4. The first-order chi connectivity index (χ1) is 21.9. The third-order valence-electron chi connectivity index (χ3n) is 7.26. The number of para-hydroxylation sites is 2. The molecule has 226 valence electrons. The second-order valence-electron chi connectivity index (χ2n) is 10.1. The maximum Gasteiger partial charge on any atom is 0.352 e. The van der Waals surface area contributed by atoms with Gasteiger partial charge in [0.05, 0.1) is 11.0 Å². The van der Waals surface area contributed by atoms with Crippen molar-refractivity contribution in [3.05, 3.63) is 89.4 Å². The Morgan fingerprint density at radius 3 is 2.69 bits per heavy atom. The van der Waals surface area contributed by atoms with Crippen molar-refractivity contribution in [1.29, 1.82) is 0 Å². The minimum absolute atomic E-state index is 0.0355. The number of H-pyrrole nitrogens is 1. The zero-order chi connectivity index (χ0) is 31.1. The number of carboxylic acids is 1. The molecular weight excluding hydrogens is 621 g/mol. The highest BCUT2D eigenvalue weighted by molar-refractivity contribution is 8.01. The Morgan fingerprint density at radius 2 is 1.89 bits per heavy atom. The number of imidazole rings is 1. The van der Waals surface area contributed by atoms with Crippen LogP contribution in [-0.4, -0.2) is 91.8 Å². The summed E-state index contributed by atoms with van der Waals surface area (Å²) >= 11 is 2.65. The number of fused-ring (bicyclic) bond motifs is 3. The maximum absolute atomic E-state index is 13.6. The van der Waals surface area contributed by atoms with Crippen LogP contribution in [0.15, 0.2) is 83.0 Å². The zero-order valence-corrected chi connectivity index (χ0v) is 24.7. The van der Waals surface area contributed by atoms with Gasteiger partial charge in [0.25, 0.3) is 11.8 Å². The predicted molar refractivity (Wildman–Crippen MR) is 162 cm³/mol. The van der Waals surface area contributed by atoms with Crippen molar-refractivity contribution in [3.63, 3.8) is 0 Å². The first kappa shape index (κ1) is 28.5. The molecule has 2 aliphatic heterocycles. The number of aromatic amines is 1. The summed E-state index contributed by atoms with van der Waals surface area (Å²) in [7, 11) is 0. The van der Waals surface area contributed by atoms with Gasteiger partial charge in [-0.05, 0) is 45.8 Å². The number of amides is 3. The second kappa shape index (κ2) is 11.7. The van der Waals surface area contributed by atoms with Crippen LogP contribution < -0.4 is 10.6 Å². The fraction of sp³-hybridized carbons (Fsp3) is 0.179. The van der Waals surface area contributed by atoms with Gasteiger partial charge in [-0.25, -0.2) is 9.78 Å². The average molecular weight is 643 g/mol. The summed E-state index contributed by atoms with van der Waals surface area (Å²) in [6.07, 6.45) is 0. The van der Waals surface area contributed by atoms with Gasteiger partial charge in [0.15, 0.2) is 11.5 Å². The smallest absolute Gasteiger partial charge is 0.352 e. The average Bonchev–Trinajstić information content (AvgIpc) is 3.72. The van der Waals surface area contributed by atoms with Crippen molar-refractivity contribution >= 4 is 63.9 Å². The van der Waals surface area contributed by atoms with Crippen LogP contribution >= 0.6 is 23.5 Å². The minimum Gasteiger partial charge on any atom is -0.477 e. The molecule has 7 rings (SSSR count). The molecule has 15 nitrogen and oxygen atoms in total. The third-order valence-corrected chi connectivity index (χ3v) is 9.61. The summed E-state index contributed by atoms with van der Waals surface area (Å²) < 4.78 is 1.27. The lowest BCUT2D eigenvalue weighted by Crippen LogP contribution is -2.71. The van der Waals surface area contributed by atoms with Gasteiger partial charge < -0.3 is 20.7 Å². The van der Waals surface area contributed by atoms with Crippen LogP contribution in [0.3, 0.4) is 0 Å². The number of carbonyl (C=O) groups excluding carboxylic acids is 3. The number of thioether (sulfide) groups is 2. The molecule has 0 saturated carbocycles. The maximum atomic E-state index is 13.6. The number of aromatic nitrogens is 7. The molecule has 0 spiro atoms. The first-order valence-corrected chi connectivity index (χ1v) is 15.6. The Morgan fingerprint density at radius 1 is 1.09 bits per heavy atom. The van der Waals surface area contributed by atoms with Crippen LogP contribution in [0, 0.1) is 0 Å². The van der Waals surface area contributed by atoms with E-state index in [9.17, 15) is 24.3 Å². The number of tetrazole rings is 1. The summed E-state index contributed by atoms with van der Waals surface area (Å²) in [4.78, 5) is 60.9. The molecule has 0 aliphatic carbocycles. The monoisotopic (exact) mass is 642 g/mol. The number of nitrogens with one attached hydrogen (secondary N) is 3. The van der Waals surface area contributed by atoms with Crippen molar-refractivity contribution < 1.29 is 24.3 Å². The normalized spacial score (nSPS) is 18.4. The number of nitrogens with zero attached hydrogens (tertiary/aromatic N) is 7. The number of benzene rings is 2. The number of carboxylic acid groups (broad SMARTS) is 1. The van der Waals surface area contributed by atoms with Crippen LogP contribution in [-0.2, 0) is 14.4 Å². The fourth-order valence-corrected chi connectivity index (χ4v) is 7.44. The first-order valence-electron chi connectivity index (χ1n) is 13.6. The van der Waals surface area contributed by atoms with E-state index in [0.717, 1.165) is 0 Å². The molecule has 3 aromatic heterocycles. The van der Waals surface area contributed by atoms with Crippen molar-refractivity contribution in [2.24, 2.45) is 0 Å². The number of hydrogen-bond donors (Lipinski definition) is 4. The van der Waals surface area contributed by atoms with Crippen molar-refractivity contribution in [3.8, 4) is 0 Å². The van der Waals surface area contributed by atoms with E-state index >= 15 is 0 Å². The number of aliphatic carboxylic acids is 1. The molecule has 2 aromatic carbocycles. The molecule has 17 heteroatoms. The Hall–Kier alpha value is -5.29. The molecule has 4 N–H and O–H groups in total. The predicted octanol–water partition coefficient (Wildman–Crippen LogP) is 1.40. The molecule has 2 aliphatic rings. The van der Waals surface area contributed by atoms with Gasteiger partial charge in [-0.2, -0.15) is 0 Å². The van der Waals surface area contributed by atoms with Crippen molar-refractivity contribution in [1.82, 2.24) is 50.8 Å². The molecule has 3 amide bonds. The molecule has 3 atom stereocenters. The Bertz CT molecular complexity index is 1980. The highest BCUT2D eigenvalue weighted by atomic mass is 32.2. The van der Waals surface area contributed by atoms with Gasteiger partial charge in [-0.15, -0.1) is 38.4 Å². The summed E-state index contributed by atoms with van der Waals surface area (Å²) in [5.74, 6) is -2.37. The highest BCUT2D eigenvalue weighted by Gasteiger charge is 2.54. The highest BCUT2D eigenvalue weighted by Crippen LogP contribution is 2.41. The van der Waals surface area contributed by atoms with Gasteiger partial charge in [0.1, 0.15) is 28.2 Å². The third kappa shape index (κ3) is 5.35.